The molecule has 3 nitrogen and oxygen atoms in total. The van der Waals surface area contributed by atoms with Crippen LogP contribution in [0.4, 0.5) is 5.69 Å². The highest BCUT2D eigenvalue weighted by Gasteiger charge is 2.05. The van der Waals surface area contributed by atoms with Crippen molar-refractivity contribution in [3.05, 3.63) is 89.5 Å². The summed E-state index contributed by atoms with van der Waals surface area (Å²) in [6, 6.07) is 13.9. The number of benzene rings is 2. The number of aliphatic imine (C=N–C) groups is 2. The van der Waals surface area contributed by atoms with E-state index in [1.54, 1.807) is 6.08 Å². The van der Waals surface area contributed by atoms with Gasteiger partial charge in [0.05, 0.1) is 5.69 Å². The lowest BCUT2D eigenvalue weighted by atomic mass is 10.0. The molecule has 0 saturated carbocycles. The van der Waals surface area contributed by atoms with Crippen LogP contribution in [0.3, 0.4) is 0 Å². The van der Waals surface area contributed by atoms with Gasteiger partial charge in [0.1, 0.15) is 0 Å². The summed E-state index contributed by atoms with van der Waals surface area (Å²) < 4.78 is 0. The highest BCUT2D eigenvalue weighted by Crippen LogP contribution is 2.28. The third-order valence-corrected chi connectivity index (χ3v) is 3.95. The highest BCUT2D eigenvalue weighted by molar-refractivity contribution is 6.30. The Kier molecular flexibility index (Phi) is 15.5. The van der Waals surface area contributed by atoms with E-state index in [9.17, 15) is 0 Å². The zero-order chi connectivity index (χ0) is 23.6. The summed E-state index contributed by atoms with van der Waals surface area (Å²) in [4.78, 5) is 8.69. The fourth-order valence-electron chi connectivity index (χ4n) is 2.34. The van der Waals surface area contributed by atoms with Crippen LogP contribution in [0.25, 0.3) is 11.1 Å². The van der Waals surface area contributed by atoms with Gasteiger partial charge in [-0.3, -0.25) is 0 Å². The molecule has 0 aliphatic rings. The van der Waals surface area contributed by atoms with Gasteiger partial charge < -0.3 is 5.32 Å². The maximum atomic E-state index is 5.96. The normalized spacial score (nSPS) is 11.2. The highest BCUT2D eigenvalue weighted by atomic mass is 35.5. The third kappa shape index (κ3) is 10.7. The van der Waals surface area contributed by atoms with E-state index in [4.69, 9.17) is 11.6 Å². The fraction of sp³-hybridized carbons (Fsp3) is 0.259. The van der Waals surface area contributed by atoms with Crippen LogP contribution in [0.5, 0.6) is 0 Å². The van der Waals surface area contributed by atoms with Crippen molar-refractivity contribution >= 4 is 29.8 Å². The molecule has 2 aromatic rings. The van der Waals surface area contributed by atoms with Crippen molar-refractivity contribution in [1.82, 2.24) is 5.32 Å². The number of rotatable bonds is 5. The van der Waals surface area contributed by atoms with Crippen LogP contribution < -0.4 is 5.32 Å². The molecule has 0 unspecified atom stereocenters. The molecule has 1 N–H and O–H groups in total. The molecular formula is C27H36ClN3. The number of amidine groups is 1. The molecule has 0 aliphatic heterocycles. The van der Waals surface area contributed by atoms with Gasteiger partial charge >= 0.3 is 0 Å². The SMILES string of the molecule is C=C/C(=C\C=C/C)C(N=C)=Nc1ccc(-c2ccc(Cl)cc2)cc1C.CCC.CNC. The second-order valence-corrected chi connectivity index (χ2v) is 7.10. The van der Waals surface area contributed by atoms with Gasteiger partial charge in [-0.05, 0) is 75.6 Å². The lowest BCUT2D eigenvalue weighted by Gasteiger charge is -2.07. The van der Waals surface area contributed by atoms with Crippen molar-refractivity contribution in [2.45, 2.75) is 34.1 Å². The Morgan fingerprint density at radius 3 is 2.06 bits per heavy atom. The summed E-state index contributed by atoms with van der Waals surface area (Å²) in [5.41, 5.74) is 4.98. The second kappa shape index (κ2) is 17.0. The Balaban J connectivity index is 0.00000134. The maximum Gasteiger partial charge on any atom is 0.159 e. The molecule has 0 aromatic heterocycles. The van der Waals surface area contributed by atoms with E-state index in [0.29, 0.717) is 5.84 Å². The molecule has 0 heterocycles. The van der Waals surface area contributed by atoms with Gasteiger partial charge in [-0.1, -0.05) is 81.0 Å². The van der Waals surface area contributed by atoms with Crippen molar-refractivity contribution < 1.29 is 0 Å². The number of hydrogen-bond acceptors (Lipinski definition) is 2. The van der Waals surface area contributed by atoms with Crippen molar-refractivity contribution in [3.63, 3.8) is 0 Å². The van der Waals surface area contributed by atoms with Crippen LogP contribution in [0.15, 0.2) is 88.9 Å². The Morgan fingerprint density at radius 1 is 1.06 bits per heavy atom. The number of halogens is 1. The van der Waals surface area contributed by atoms with Crippen LogP contribution in [0.2, 0.25) is 5.02 Å². The number of nitrogens with zero attached hydrogens (tertiary/aromatic N) is 2. The number of nitrogens with one attached hydrogen (secondary N) is 1. The molecule has 0 fully saturated rings. The van der Waals surface area contributed by atoms with E-state index in [2.05, 4.69) is 48.5 Å². The zero-order valence-corrected chi connectivity index (χ0v) is 20.5. The molecule has 31 heavy (non-hydrogen) atoms. The molecule has 4 heteroatoms. The summed E-state index contributed by atoms with van der Waals surface area (Å²) in [5.74, 6) is 0.551. The van der Waals surface area contributed by atoms with E-state index >= 15 is 0 Å². The van der Waals surface area contributed by atoms with Crippen molar-refractivity contribution in [2.75, 3.05) is 14.1 Å². The minimum atomic E-state index is 0.551. The number of hydrogen-bond donors (Lipinski definition) is 1. The number of allylic oxidation sites excluding steroid dienone is 3. The smallest absolute Gasteiger partial charge is 0.159 e. The number of aryl methyl sites for hydroxylation is 1. The predicted molar refractivity (Wildman–Crippen MR) is 142 cm³/mol. The predicted octanol–water partition coefficient (Wildman–Crippen LogP) is 7.99. The summed E-state index contributed by atoms with van der Waals surface area (Å²) >= 11 is 5.96. The first kappa shape index (κ1) is 28.2. The van der Waals surface area contributed by atoms with Crippen molar-refractivity contribution in [1.29, 1.82) is 0 Å². The second-order valence-electron chi connectivity index (χ2n) is 6.66. The summed E-state index contributed by atoms with van der Waals surface area (Å²) in [7, 11) is 3.75. The molecule has 0 saturated heterocycles. The first-order chi connectivity index (χ1) is 14.9. The minimum absolute atomic E-state index is 0.551. The van der Waals surface area contributed by atoms with Gasteiger partial charge in [0.25, 0.3) is 0 Å². The van der Waals surface area contributed by atoms with Crippen LogP contribution in [0, 0.1) is 6.92 Å². The molecule has 0 bridgehead atoms. The Labute approximate surface area is 194 Å². The largest absolute Gasteiger partial charge is 0.323 e. The first-order valence-electron chi connectivity index (χ1n) is 10.4. The zero-order valence-electron chi connectivity index (χ0n) is 19.7. The third-order valence-electron chi connectivity index (χ3n) is 3.70. The minimum Gasteiger partial charge on any atom is -0.323 e. The Bertz CT molecular complexity index is 889. The maximum absolute atomic E-state index is 5.96. The lowest BCUT2D eigenvalue weighted by molar-refractivity contribution is 1.02. The molecule has 0 spiro atoms. The average Bonchev–Trinajstić information content (AvgIpc) is 2.76. The van der Waals surface area contributed by atoms with Crippen LogP contribution in [-0.4, -0.2) is 26.6 Å². The van der Waals surface area contributed by atoms with E-state index < -0.39 is 0 Å². The van der Waals surface area contributed by atoms with Crippen LogP contribution in [0.1, 0.15) is 32.8 Å². The van der Waals surface area contributed by atoms with E-state index in [1.807, 2.05) is 82.6 Å². The molecule has 0 radical (unpaired) electrons. The van der Waals surface area contributed by atoms with Gasteiger partial charge in [0.15, 0.2) is 5.84 Å². The average molecular weight is 438 g/mol. The van der Waals surface area contributed by atoms with Crippen molar-refractivity contribution in [2.24, 2.45) is 9.98 Å². The van der Waals surface area contributed by atoms with Gasteiger partial charge in [-0.15, -0.1) is 0 Å². The van der Waals surface area contributed by atoms with E-state index in [1.165, 1.54) is 6.42 Å². The van der Waals surface area contributed by atoms with E-state index in [-0.39, 0.29) is 0 Å². The van der Waals surface area contributed by atoms with Crippen molar-refractivity contribution in [3.8, 4) is 11.1 Å². The van der Waals surface area contributed by atoms with Gasteiger partial charge in [-0.25, -0.2) is 9.98 Å². The quantitative estimate of drug-likeness (QED) is 0.287. The van der Waals surface area contributed by atoms with Crippen LogP contribution >= 0.6 is 11.6 Å². The van der Waals surface area contributed by atoms with Gasteiger partial charge in [-0.2, -0.15) is 0 Å². The molecule has 166 valence electrons. The molecule has 0 atom stereocenters. The topological polar surface area (TPSA) is 36.8 Å². The monoisotopic (exact) mass is 437 g/mol. The standard InChI is InChI=1S/C22H21ClN2.C3H8.C2H7N/c1-5-7-8-17(6-2)22(24-4)25-21-14-11-19(15-16(21)3)18-9-12-20(23)13-10-18;2*1-3-2/h5-15H,2,4H2,1,3H3;3H2,1-2H3;3H,1-2H3/b7-5-,17-8+,25-22?;;. The molecular weight excluding hydrogens is 402 g/mol. The molecule has 2 rings (SSSR count). The molecule has 2 aromatic carbocycles. The fourth-order valence-corrected chi connectivity index (χ4v) is 2.47. The molecule has 0 amide bonds. The van der Waals surface area contributed by atoms with E-state index in [0.717, 1.165) is 33.0 Å². The summed E-state index contributed by atoms with van der Waals surface area (Å²) in [6.07, 6.45) is 8.76. The molecule has 0 aliphatic carbocycles. The summed E-state index contributed by atoms with van der Waals surface area (Å²) in [5, 5.41) is 3.48. The Hall–Kier alpha value is -2.75. The van der Waals surface area contributed by atoms with Gasteiger partial charge in [0.2, 0.25) is 0 Å². The Morgan fingerprint density at radius 2 is 1.61 bits per heavy atom. The first-order valence-corrected chi connectivity index (χ1v) is 10.8. The lowest BCUT2D eigenvalue weighted by Crippen LogP contribution is -1.96. The van der Waals surface area contributed by atoms with Gasteiger partial charge in [0, 0.05) is 10.6 Å². The summed E-state index contributed by atoms with van der Waals surface area (Å²) in [6.45, 7) is 15.7. The van der Waals surface area contributed by atoms with Crippen LogP contribution in [-0.2, 0) is 0 Å².